The number of hydrogen-bond acceptors (Lipinski definition) is 5. The fraction of sp³-hybridized carbons (Fsp3) is 0.0833. The molecule has 0 atom stereocenters. The van der Waals surface area contributed by atoms with Crippen LogP contribution in [0, 0.1) is 5.82 Å². The molecule has 32 heavy (non-hydrogen) atoms. The molecule has 160 valence electrons. The highest BCUT2D eigenvalue weighted by molar-refractivity contribution is 6.34. The van der Waals surface area contributed by atoms with Crippen LogP contribution in [0.5, 0.6) is 0 Å². The Morgan fingerprint density at radius 1 is 0.844 bits per heavy atom. The summed E-state index contributed by atoms with van der Waals surface area (Å²) in [6, 6.07) is 17.9. The van der Waals surface area contributed by atoms with Gasteiger partial charge in [-0.1, -0.05) is 24.3 Å². The molecular formula is C24H17FN2O5. The molecule has 0 fully saturated rings. The van der Waals surface area contributed by atoms with E-state index >= 15 is 0 Å². The lowest BCUT2D eigenvalue weighted by Gasteiger charge is -2.14. The van der Waals surface area contributed by atoms with Crippen molar-refractivity contribution < 1.29 is 28.3 Å². The van der Waals surface area contributed by atoms with Crippen LogP contribution in [0.3, 0.4) is 0 Å². The lowest BCUT2D eigenvalue weighted by molar-refractivity contribution is -0.124. The minimum Gasteiger partial charge on any atom is -0.452 e. The van der Waals surface area contributed by atoms with Gasteiger partial charge in [0.2, 0.25) is 0 Å². The maximum Gasteiger partial charge on any atom is 0.338 e. The number of rotatable bonds is 6. The molecule has 0 saturated heterocycles. The molecule has 0 aromatic heterocycles. The van der Waals surface area contributed by atoms with E-state index in [9.17, 15) is 23.6 Å². The first-order valence-corrected chi connectivity index (χ1v) is 9.70. The molecule has 1 aliphatic heterocycles. The van der Waals surface area contributed by atoms with E-state index in [4.69, 9.17) is 4.74 Å². The van der Waals surface area contributed by atoms with Crippen LogP contribution in [0.25, 0.3) is 0 Å². The molecule has 1 aliphatic rings. The Kier molecular flexibility index (Phi) is 5.76. The molecule has 1 N–H and O–H groups in total. The summed E-state index contributed by atoms with van der Waals surface area (Å²) in [4.78, 5) is 50.2. The van der Waals surface area contributed by atoms with E-state index in [1.165, 1.54) is 48.5 Å². The number of halogens is 1. The van der Waals surface area contributed by atoms with Crippen molar-refractivity contribution in [3.63, 3.8) is 0 Å². The zero-order valence-electron chi connectivity index (χ0n) is 16.7. The predicted molar refractivity (Wildman–Crippen MR) is 113 cm³/mol. The molecule has 3 amide bonds. The topological polar surface area (TPSA) is 92.8 Å². The summed E-state index contributed by atoms with van der Waals surface area (Å²) in [6.45, 7) is -0.314. The van der Waals surface area contributed by atoms with Crippen LogP contribution in [-0.4, -0.2) is 30.3 Å². The van der Waals surface area contributed by atoms with Gasteiger partial charge in [0.05, 0.1) is 22.4 Å². The van der Waals surface area contributed by atoms with E-state index in [1.54, 1.807) is 24.3 Å². The highest BCUT2D eigenvalue weighted by atomic mass is 19.1. The summed E-state index contributed by atoms with van der Waals surface area (Å²) >= 11 is 0. The van der Waals surface area contributed by atoms with Crippen LogP contribution < -0.4 is 10.2 Å². The second-order valence-electron chi connectivity index (χ2n) is 7.02. The van der Waals surface area contributed by atoms with Crippen molar-refractivity contribution in [2.75, 3.05) is 11.5 Å². The van der Waals surface area contributed by atoms with Crippen molar-refractivity contribution in [1.29, 1.82) is 0 Å². The van der Waals surface area contributed by atoms with E-state index in [0.29, 0.717) is 22.4 Å². The van der Waals surface area contributed by atoms with Crippen molar-refractivity contribution >= 4 is 29.4 Å². The van der Waals surface area contributed by atoms with Crippen molar-refractivity contribution in [3.05, 3.63) is 101 Å². The van der Waals surface area contributed by atoms with Gasteiger partial charge in [-0.2, -0.15) is 0 Å². The van der Waals surface area contributed by atoms with Crippen LogP contribution in [0.1, 0.15) is 36.6 Å². The highest BCUT2D eigenvalue weighted by Crippen LogP contribution is 2.28. The van der Waals surface area contributed by atoms with Crippen LogP contribution in [-0.2, 0) is 16.1 Å². The van der Waals surface area contributed by atoms with Crippen molar-refractivity contribution in [1.82, 2.24) is 5.32 Å². The summed E-state index contributed by atoms with van der Waals surface area (Å²) < 4.78 is 17.9. The first-order chi connectivity index (χ1) is 15.4. The van der Waals surface area contributed by atoms with Gasteiger partial charge < -0.3 is 10.1 Å². The minimum atomic E-state index is -0.726. The normalized spacial score (nSPS) is 12.5. The van der Waals surface area contributed by atoms with Crippen LogP contribution in [0.4, 0.5) is 10.1 Å². The number of fused-ring (bicyclic) bond motifs is 1. The number of carbonyl (C=O) groups is 4. The van der Waals surface area contributed by atoms with E-state index in [2.05, 4.69) is 5.32 Å². The number of benzene rings is 3. The minimum absolute atomic E-state index is 0.164. The molecule has 4 rings (SSSR count). The summed E-state index contributed by atoms with van der Waals surface area (Å²) in [5.41, 5.74) is 1.84. The number of ether oxygens (including phenoxy) is 1. The van der Waals surface area contributed by atoms with E-state index in [1.807, 2.05) is 0 Å². The second-order valence-corrected chi connectivity index (χ2v) is 7.02. The lowest BCUT2D eigenvalue weighted by atomic mass is 10.1. The zero-order chi connectivity index (χ0) is 22.7. The van der Waals surface area contributed by atoms with Crippen molar-refractivity contribution in [2.24, 2.45) is 0 Å². The number of anilines is 1. The molecule has 8 heteroatoms. The van der Waals surface area contributed by atoms with Crippen LogP contribution in [0.15, 0.2) is 72.8 Å². The first kappa shape index (κ1) is 20.9. The maximum atomic E-state index is 12.9. The van der Waals surface area contributed by atoms with Gasteiger partial charge in [0.15, 0.2) is 6.61 Å². The number of hydrogen-bond donors (Lipinski definition) is 1. The van der Waals surface area contributed by atoms with Gasteiger partial charge in [0, 0.05) is 6.54 Å². The van der Waals surface area contributed by atoms with E-state index < -0.39 is 30.3 Å². The molecule has 0 bridgehead atoms. The molecule has 3 aromatic carbocycles. The lowest BCUT2D eigenvalue weighted by Crippen LogP contribution is -2.29. The third-order valence-corrected chi connectivity index (χ3v) is 4.89. The molecule has 0 unspecified atom stereocenters. The summed E-state index contributed by atoms with van der Waals surface area (Å²) in [5, 5.41) is 2.57. The fourth-order valence-electron chi connectivity index (χ4n) is 3.24. The molecule has 0 saturated carbocycles. The van der Waals surface area contributed by atoms with Gasteiger partial charge in [-0.05, 0) is 54.1 Å². The van der Waals surface area contributed by atoms with Gasteiger partial charge in [0.1, 0.15) is 5.82 Å². The monoisotopic (exact) mass is 432 g/mol. The first-order valence-electron chi connectivity index (χ1n) is 9.70. The molecule has 7 nitrogen and oxygen atoms in total. The summed E-state index contributed by atoms with van der Waals surface area (Å²) in [7, 11) is 0. The van der Waals surface area contributed by atoms with Gasteiger partial charge >= 0.3 is 5.97 Å². The molecule has 0 aliphatic carbocycles. The Bertz CT molecular complexity index is 1170. The molecule has 0 radical (unpaired) electrons. The van der Waals surface area contributed by atoms with Gasteiger partial charge in [-0.15, -0.1) is 0 Å². The average Bonchev–Trinajstić information content (AvgIpc) is 3.07. The molecule has 0 spiro atoms. The van der Waals surface area contributed by atoms with Gasteiger partial charge in [-0.3, -0.25) is 14.4 Å². The van der Waals surface area contributed by atoms with E-state index in [-0.39, 0.29) is 17.9 Å². The third kappa shape index (κ3) is 4.24. The number of imide groups is 1. The highest BCUT2D eigenvalue weighted by Gasteiger charge is 2.36. The predicted octanol–water partition coefficient (Wildman–Crippen LogP) is 3.10. The summed E-state index contributed by atoms with van der Waals surface area (Å²) in [5.74, 6) is -2.47. The number of amides is 3. The molecule has 1 heterocycles. The molecular weight excluding hydrogens is 415 g/mol. The average molecular weight is 432 g/mol. The SMILES string of the molecule is O=C(COC(=O)c1ccc(N2C(=O)c3ccccc3C2=O)cc1)NCc1ccc(F)cc1. The third-order valence-electron chi connectivity index (χ3n) is 4.89. The quantitative estimate of drug-likeness (QED) is 0.477. The largest absolute Gasteiger partial charge is 0.452 e. The molecule has 3 aromatic rings. The second kappa shape index (κ2) is 8.81. The Morgan fingerprint density at radius 3 is 2.03 bits per heavy atom. The van der Waals surface area contributed by atoms with Crippen molar-refractivity contribution in [2.45, 2.75) is 6.54 Å². The maximum absolute atomic E-state index is 12.9. The fourth-order valence-corrected chi connectivity index (χ4v) is 3.24. The number of carbonyl (C=O) groups excluding carboxylic acids is 4. The van der Waals surface area contributed by atoms with Crippen molar-refractivity contribution in [3.8, 4) is 0 Å². The van der Waals surface area contributed by atoms with Gasteiger partial charge in [-0.25, -0.2) is 14.1 Å². The Labute approximate surface area is 182 Å². The smallest absolute Gasteiger partial charge is 0.338 e. The Balaban J connectivity index is 1.32. The zero-order valence-corrected chi connectivity index (χ0v) is 16.7. The van der Waals surface area contributed by atoms with Crippen LogP contribution in [0.2, 0.25) is 0 Å². The number of esters is 1. The standard InChI is InChI=1S/C24H17FN2O5/c25-17-9-5-15(6-10-17)13-26-21(28)14-32-24(31)16-7-11-18(12-8-16)27-22(29)19-3-1-2-4-20(19)23(27)30/h1-12H,13-14H2,(H,26,28). The number of nitrogens with zero attached hydrogens (tertiary/aromatic N) is 1. The Morgan fingerprint density at radius 2 is 1.44 bits per heavy atom. The van der Waals surface area contributed by atoms with Gasteiger partial charge in [0.25, 0.3) is 17.7 Å². The number of nitrogens with one attached hydrogen (secondary N) is 1. The van der Waals surface area contributed by atoms with Crippen LogP contribution >= 0.6 is 0 Å². The Hall–Kier alpha value is -4.33. The van der Waals surface area contributed by atoms with E-state index in [0.717, 1.165) is 4.90 Å². The summed E-state index contributed by atoms with van der Waals surface area (Å²) in [6.07, 6.45) is 0.